The van der Waals surface area contributed by atoms with Crippen LogP contribution in [0, 0.1) is 0 Å². The summed E-state index contributed by atoms with van der Waals surface area (Å²) in [6.07, 6.45) is 0.808. The number of nitrogens with zero attached hydrogens (tertiary/aromatic N) is 1. The first-order valence-corrected chi connectivity index (χ1v) is 6.26. The van der Waals surface area contributed by atoms with Crippen molar-refractivity contribution in [2.75, 3.05) is 11.9 Å². The molecule has 1 heterocycles. The van der Waals surface area contributed by atoms with E-state index in [0.29, 0.717) is 5.00 Å². The number of hydrogen-bond donors (Lipinski definition) is 1. The average Bonchev–Trinajstić information content (AvgIpc) is 2.63. The second kappa shape index (κ2) is 5.81. The van der Waals surface area contributed by atoms with E-state index in [1.807, 2.05) is 0 Å². The lowest BCUT2D eigenvalue weighted by Crippen LogP contribution is -2.26. The predicted octanol–water partition coefficient (Wildman–Crippen LogP) is 2.67. The summed E-state index contributed by atoms with van der Waals surface area (Å²) in [5.41, 5.74) is -0.571. The number of nitrogens with one attached hydrogen (secondary N) is 1. The highest BCUT2D eigenvalue weighted by atomic mass is 32.1. The molecule has 6 nitrogen and oxygen atoms in total. The standard InChI is InChI=1S/C11H16N2O4S/c1-5-16-9(14)8-12-6-7(18-8)13-10(15)17-11(2,3)4/h6H,5H2,1-4H3,(H,13,15). The van der Waals surface area contributed by atoms with Crippen LogP contribution in [-0.2, 0) is 9.47 Å². The first kappa shape index (κ1) is 14.4. The second-order valence-corrected chi connectivity index (χ2v) is 5.41. The lowest BCUT2D eigenvalue weighted by Gasteiger charge is -2.19. The molecule has 100 valence electrons. The molecule has 0 unspecified atom stereocenters. The fourth-order valence-electron chi connectivity index (χ4n) is 1.02. The number of ether oxygens (including phenoxy) is 2. The van der Waals surface area contributed by atoms with Gasteiger partial charge in [-0.15, -0.1) is 0 Å². The molecule has 0 aliphatic rings. The normalized spacial score (nSPS) is 10.9. The summed E-state index contributed by atoms with van der Waals surface area (Å²) >= 11 is 1.04. The first-order chi connectivity index (χ1) is 8.31. The summed E-state index contributed by atoms with van der Waals surface area (Å²) in [7, 11) is 0. The van der Waals surface area contributed by atoms with E-state index in [-0.39, 0.29) is 11.6 Å². The average molecular weight is 272 g/mol. The Morgan fingerprint density at radius 2 is 2.11 bits per heavy atom. The summed E-state index contributed by atoms with van der Waals surface area (Å²) < 4.78 is 9.86. The van der Waals surface area contributed by atoms with E-state index in [1.54, 1.807) is 27.7 Å². The number of aromatic nitrogens is 1. The highest BCUT2D eigenvalue weighted by molar-refractivity contribution is 7.17. The van der Waals surface area contributed by atoms with Crippen LogP contribution in [0.25, 0.3) is 0 Å². The Bertz CT molecular complexity index is 436. The lowest BCUT2D eigenvalue weighted by atomic mass is 10.2. The van der Waals surface area contributed by atoms with Gasteiger partial charge in [-0.05, 0) is 27.7 Å². The maximum Gasteiger partial charge on any atom is 0.412 e. The molecular formula is C11H16N2O4S. The second-order valence-electron chi connectivity index (χ2n) is 4.38. The van der Waals surface area contributed by atoms with Gasteiger partial charge in [0.15, 0.2) is 0 Å². The van der Waals surface area contributed by atoms with E-state index in [4.69, 9.17) is 9.47 Å². The fraction of sp³-hybridized carbons (Fsp3) is 0.545. The van der Waals surface area contributed by atoms with Gasteiger partial charge in [0.25, 0.3) is 0 Å². The minimum Gasteiger partial charge on any atom is -0.461 e. The molecule has 0 atom stereocenters. The number of carbonyl (C=O) groups is 2. The largest absolute Gasteiger partial charge is 0.461 e. The van der Waals surface area contributed by atoms with Crippen molar-refractivity contribution >= 4 is 28.4 Å². The van der Waals surface area contributed by atoms with Gasteiger partial charge in [0.2, 0.25) is 5.01 Å². The third-order valence-corrected chi connectivity index (χ3v) is 2.47. The molecule has 0 saturated carbocycles. The molecule has 0 aromatic carbocycles. The quantitative estimate of drug-likeness (QED) is 0.856. The van der Waals surface area contributed by atoms with E-state index < -0.39 is 17.7 Å². The molecule has 0 bridgehead atoms. The Labute approximate surface area is 109 Å². The molecule has 0 radical (unpaired) electrons. The minimum absolute atomic E-state index is 0.197. The maximum absolute atomic E-state index is 11.5. The lowest BCUT2D eigenvalue weighted by molar-refractivity contribution is 0.0525. The molecule has 1 N–H and O–H groups in total. The Morgan fingerprint density at radius 3 is 2.67 bits per heavy atom. The van der Waals surface area contributed by atoms with Crippen LogP contribution in [-0.4, -0.2) is 29.3 Å². The maximum atomic E-state index is 11.5. The zero-order valence-corrected chi connectivity index (χ0v) is 11.6. The molecule has 1 rings (SSSR count). The van der Waals surface area contributed by atoms with Gasteiger partial charge >= 0.3 is 12.1 Å². The molecule has 1 aromatic rings. The smallest absolute Gasteiger partial charge is 0.412 e. The number of thiazole rings is 1. The molecule has 1 amide bonds. The molecule has 0 saturated heterocycles. The first-order valence-electron chi connectivity index (χ1n) is 5.45. The summed E-state index contributed by atoms with van der Waals surface area (Å²) in [5, 5.41) is 3.14. The zero-order valence-electron chi connectivity index (χ0n) is 10.8. The van der Waals surface area contributed by atoms with Crippen molar-refractivity contribution in [2.24, 2.45) is 0 Å². The number of carbonyl (C=O) groups excluding carboxylic acids is 2. The Morgan fingerprint density at radius 1 is 1.44 bits per heavy atom. The van der Waals surface area contributed by atoms with Crippen LogP contribution in [0.5, 0.6) is 0 Å². The van der Waals surface area contributed by atoms with Gasteiger partial charge < -0.3 is 9.47 Å². The molecule has 1 aromatic heterocycles. The molecule has 0 fully saturated rings. The molecule has 7 heteroatoms. The summed E-state index contributed by atoms with van der Waals surface area (Å²) in [6, 6.07) is 0. The monoisotopic (exact) mass is 272 g/mol. The number of esters is 1. The van der Waals surface area contributed by atoms with Gasteiger partial charge in [0.05, 0.1) is 12.8 Å². The summed E-state index contributed by atoms with van der Waals surface area (Å²) in [5.74, 6) is -0.500. The molecule has 0 spiro atoms. The predicted molar refractivity (Wildman–Crippen MR) is 67.9 cm³/mol. The number of rotatable bonds is 3. The van der Waals surface area contributed by atoms with Crippen molar-refractivity contribution in [2.45, 2.75) is 33.3 Å². The highest BCUT2D eigenvalue weighted by Crippen LogP contribution is 2.20. The Kier molecular flexibility index (Phi) is 4.66. The van der Waals surface area contributed by atoms with Gasteiger partial charge in [-0.3, -0.25) is 5.32 Å². The summed E-state index contributed by atoms with van der Waals surface area (Å²) in [6.45, 7) is 7.30. The van der Waals surface area contributed by atoms with Crippen LogP contribution >= 0.6 is 11.3 Å². The van der Waals surface area contributed by atoms with E-state index in [1.165, 1.54) is 6.20 Å². The van der Waals surface area contributed by atoms with Crippen LogP contribution < -0.4 is 5.32 Å². The van der Waals surface area contributed by atoms with Crippen molar-refractivity contribution in [1.82, 2.24) is 4.98 Å². The number of hydrogen-bond acceptors (Lipinski definition) is 6. The van der Waals surface area contributed by atoms with Gasteiger partial charge in [0, 0.05) is 0 Å². The minimum atomic E-state index is -0.582. The van der Waals surface area contributed by atoms with Gasteiger partial charge in [0.1, 0.15) is 10.6 Å². The van der Waals surface area contributed by atoms with E-state index in [9.17, 15) is 9.59 Å². The van der Waals surface area contributed by atoms with Gasteiger partial charge in [-0.2, -0.15) is 0 Å². The third kappa shape index (κ3) is 4.70. The van der Waals surface area contributed by atoms with Crippen LogP contribution in [0.4, 0.5) is 9.80 Å². The van der Waals surface area contributed by atoms with E-state index >= 15 is 0 Å². The molecule has 18 heavy (non-hydrogen) atoms. The third-order valence-electron chi connectivity index (χ3n) is 1.58. The molecule has 0 aliphatic heterocycles. The fourth-order valence-corrected chi connectivity index (χ4v) is 1.72. The van der Waals surface area contributed by atoms with E-state index in [0.717, 1.165) is 11.3 Å². The van der Waals surface area contributed by atoms with Crippen molar-refractivity contribution in [3.8, 4) is 0 Å². The van der Waals surface area contributed by atoms with Gasteiger partial charge in [-0.1, -0.05) is 11.3 Å². The topological polar surface area (TPSA) is 77.5 Å². The van der Waals surface area contributed by atoms with Crippen molar-refractivity contribution in [3.05, 3.63) is 11.2 Å². The van der Waals surface area contributed by atoms with Crippen molar-refractivity contribution in [1.29, 1.82) is 0 Å². The van der Waals surface area contributed by atoms with E-state index in [2.05, 4.69) is 10.3 Å². The van der Waals surface area contributed by atoms with Crippen LogP contribution in [0.1, 0.15) is 37.5 Å². The van der Waals surface area contributed by atoms with Crippen LogP contribution in [0.15, 0.2) is 6.20 Å². The zero-order chi connectivity index (χ0) is 13.8. The number of anilines is 1. The van der Waals surface area contributed by atoms with Crippen LogP contribution in [0.2, 0.25) is 0 Å². The molecular weight excluding hydrogens is 256 g/mol. The van der Waals surface area contributed by atoms with Gasteiger partial charge in [-0.25, -0.2) is 14.6 Å². The number of amides is 1. The Balaban J connectivity index is 2.59. The summed E-state index contributed by atoms with van der Waals surface area (Å²) in [4.78, 5) is 26.7. The Hall–Kier alpha value is -1.63. The van der Waals surface area contributed by atoms with Crippen molar-refractivity contribution in [3.63, 3.8) is 0 Å². The SMILES string of the molecule is CCOC(=O)c1ncc(NC(=O)OC(C)(C)C)s1. The highest BCUT2D eigenvalue weighted by Gasteiger charge is 2.18. The molecule has 0 aliphatic carbocycles. The van der Waals surface area contributed by atoms with Crippen LogP contribution in [0.3, 0.4) is 0 Å². The van der Waals surface area contributed by atoms with Crippen molar-refractivity contribution < 1.29 is 19.1 Å².